The largest absolute Gasteiger partial charge is 0.490 e. The molecule has 1 aromatic carbocycles. The fourth-order valence-corrected chi connectivity index (χ4v) is 3.19. The first-order valence-corrected chi connectivity index (χ1v) is 9.45. The SMILES string of the molecule is CCn1ncnc1C(C)NC(=O)Nc1ccc(OC2CCN(C)CC2)cc1. The molecule has 2 aromatic rings. The van der Waals surface area contributed by atoms with Gasteiger partial charge < -0.3 is 20.3 Å². The maximum absolute atomic E-state index is 12.2. The highest BCUT2D eigenvalue weighted by Crippen LogP contribution is 2.21. The molecule has 8 heteroatoms. The summed E-state index contributed by atoms with van der Waals surface area (Å²) < 4.78 is 7.79. The molecular formula is C19H28N6O2. The van der Waals surface area contributed by atoms with E-state index in [1.54, 1.807) is 4.68 Å². The molecule has 146 valence electrons. The minimum Gasteiger partial charge on any atom is -0.490 e. The first-order chi connectivity index (χ1) is 13.0. The number of anilines is 1. The third-order valence-electron chi connectivity index (χ3n) is 4.76. The van der Waals surface area contributed by atoms with Gasteiger partial charge in [0.25, 0.3) is 0 Å². The number of carbonyl (C=O) groups is 1. The number of nitrogens with zero attached hydrogens (tertiary/aromatic N) is 4. The summed E-state index contributed by atoms with van der Waals surface area (Å²) in [5, 5.41) is 9.85. The zero-order valence-corrected chi connectivity index (χ0v) is 16.2. The Morgan fingerprint density at radius 3 is 2.67 bits per heavy atom. The number of ether oxygens (including phenoxy) is 1. The lowest BCUT2D eigenvalue weighted by molar-refractivity contribution is 0.114. The summed E-state index contributed by atoms with van der Waals surface area (Å²) in [7, 11) is 2.13. The fourth-order valence-electron chi connectivity index (χ4n) is 3.19. The Bertz CT molecular complexity index is 737. The van der Waals surface area contributed by atoms with Crippen molar-refractivity contribution < 1.29 is 9.53 Å². The van der Waals surface area contributed by atoms with Crippen LogP contribution in [0.1, 0.15) is 38.6 Å². The van der Waals surface area contributed by atoms with Gasteiger partial charge in [0.2, 0.25) is 0 Å². The van der Waals surface area contributed by atoms with Crippen molar-refractivity contribution in [1.29, 1.82) is 0 Å². The minimum atomic E-state index is -0.280. The van der Waals surface area contributed by atoms with Crippen molar-refractivity contribution in [2.45, 2.75) is 45.4 Å². The molecule has 1 atom stereocenters. The van der Waals surface area contributed by atoms with Crippen LogP contribution >= 0.6 is 0 Å². The predicted octanol–water partition coefficient (Wildman–Crippen LogP) is 2.65. The molecule has 27 heavy (non-hydrogen) atoms. The molecule has 1 saturated heterocycles. The number of carbonyl (C=O) groups excluding carboxylic acids is 1. The van der Waals surface area contributed by atoms with Gasteiger partial charge in [-0.2, -0.15) is 5.10 Å². The van der Waals surface area contributed by atoms with Crippen LogP contribution in [0.5, 0.6) is 5.75 Å². The number of benzene rings is 1. The van der Waals surface area contributed by atoms with Crippen molar-refractivity contribution in [3.8, 4) is 5.75 Å². The van der Waals surface area contributed by atoms with Crippen LogP contribution in [0.25, 0.3) is 0 Å². The molecule has 3 rings (SSSR count). The number of likely N-dealkylation sites (tertiary alicyclic amines) is 1. The van der Waals surface area contributed by atoms with Gasteiger partial charge in [0.05, 0.1) is 6.04 Å². The Balaban J connectivity index is 1.49. The third-order valence-corrected chi connectivity index (χ3v) is 4.76. The number of rotatable bonds is 6. The maximum atomic E-state index is 12.2. The summed E-state index contributed by atoms with van der Waals surface area (Å²) >= 11 is 0. The average molecular weight is 372 g/mol. The number of aryl methyl sites for hydroxylation is 1. The van der Waals surface area contributed by atoms with Gasteiger partial charge in [0, 0.05) is 25.3 Å². The van der Waals surface area contributed by atoms with Gasteiger partial charge in [-0.1, -0.05) is 0 Å². The Labute approximate surface area is 159 Å². The molecule has 0 spiro atoms. The highest BCUT2D eigenvalue weighted by atomic mass is 16.5. The van der Waals surface area contributed by atoms with E-state index in [2.05, 4.69) is 32.7 Å². The molecule has 2 heterocycles. The van der Waals surface area contributed by atoms with E-state index in [9.17, 15) is 4.79 Å². The highest BCUT2D eigenvalue weighted by Gasteiger charge is 2.18. The Morgan fingerprint density at radius 2 is 2.00 bits per heavy atom. The molecule has 2 amide bonds. The molecule has 0 radical (unpaired) electrons. The van der Waals surface area contributed by atoms with Crippen LogP contribution in [0.3, 0.4) is 0 Å². The van der Waals surface area contributed by atoms with Crippen LogP contribution in [0.4, 0.5) is 10.5 Å². The third kappa shape index (κ3) is 5.19. The number of hydrogen-bond acceptors (Lipinski definition) is 5. The lowest BCUT2D eigenvalue weighted by Gasteiger charge is -2.29. The van der Waals surface area contributed by atoms with E-state index >= 15 is 0 Å². The molecule has 0 saturated carbocycles. The second-order valence-corrected chi connectivity index (χ2v) is 6.90. The monoisotopic (exact) mass is 372 g/mol. The normalized spacial score (nSPS) is 16.7. The summed E-state index contributed by atoms with van der Waals surface area (Å²) in [5.74, 6) is 1.56. The average Bonchev–Trinajstić information content (AvgIpc) is 3.14. The van der Waals surface area contributed by atoms with Gasteiger partial charge in [-0.05, 0) is 58.0 Å². The van der Waals surface area contributed by atoms with Crippen LogP contribution in [0, 0.1) is 0 Å². The molecule has 1 aliphatic rings. The Morgan fingerprint density at radius 1 is 1.30 bits per heavy atom. The van der Waals surface area contributed by atoms with Crippen LogP contribution in [0.15, 0.2) is 30.6 Å². The van der Waals surface area contributed by atoms with Crippen LogP contribution in [0.2, 0.25) is 0 Å². The van der Waals surface area contributed by atoms with Crippen LogP contribution < -0.4 is 15.4 Å². The summed E-state index contributed by atoms with van der Waals surface area (Å²) in [6, 6.07) is 6.97. The molecule has 1 aromatic heterocycles. The van der Waals surface area contributed by atoms with E-state index in [1.807, 2.05) is 38.1 Å². The van der Waals surface area contributed by atoms with E-state index in [0.717, 1.165) is 37.5 Å². The van der Waals surface area contributed by atoms with Gasteiger partial charge in [-0.3, -0.25) is 0 Å². The summed E-state index contributed by atoms with van der Waals surface area (Å²) in [6.07, 6.45) is 3.84. The zero-order valence-electron chi connectivity index (χ0n) is 16.2. The Hall–Kier alpha value is -2.61. The first kappa shape index (κ1) is 19.2. The van der Waals surface area contributed by atoms with Gasteiger partial charge in [0.15, 0.2) is 0 Å². The minimum absolute atomic E-state index is 0.237. The summed E-state index contributed by atoms with van der Waals surface area (Å²) in [6.45, 7) is 6.71. The molecule has 1 unspecified atom stereocenters. The van der Waals surface area contributed by atoms with Gasteiger partial charge in [-0.25, -0.2) is 14.5 Å². The number of hydrogen-bond donors (Lipinski definition) is 2. The maximum Gasteiger partial charge on any atom is 0.319 e. The lowest BCUT2D eigenvalue weighted by Crippen LogP contribution is -2.35. The van der Waals surface area contributed by atoms with Crippen LogP contribution in [-0.4, -0.2) is 51.9 Å². The summed E-state index contributed by atoms with van der Waals surface area (Å²) in [4.78, 5) is 18.8. The number of urea groups is 1. The van der Waals surface area contributed by atoms with E-state index in [1.165, 1.54) is 6.33 Å². The smallest absolute Gasteiger partial charge is 0.319 e. The molecule has 1 aliphatic heterocycles. The van der Waals surface area contributed by atoms with Crippen LogP contribution in [-0.2, 0) is 6.54 Å². The van der Waals surface area contributed by atoms with Gasteiger partial charge >= 0.3 is 6.03 Å². The summed E-state index contributed by atoms with van der Waals surface area (Å²) in [5.41, 5.74) is 0.715. The Kier molecular flexibility index (Phi) is 6.28. The van der Waals surface area contributed by atoms with E-state index < -0.39 is 0 Å². The van der Waals surface area contributed by atoms with Crippen molar-refractivity contribution >= 4 is 11.7 Å². The van der Waals surface area contributed by atoms with Crippen molar-refractivity contribution in [2.75, 3.05) is 25.5 Å². The number of aromatic nitrogens is 3. The van der Waals surface area contributed by atoms with E-state index in [0.29, 0.717) is 12.2 Å². The molecule has 0 bridgehead atoms. The topological polar surface area (TPSA) is 84.3 Å². The molecule has 1 fully saturated rings. The quantitative estimate of drug-likeness (QED) is 0.814. The van der Waals surface area contributed by atoms with Crippen molar-refractivity contribution in [3.05, 3.63) is 36.4 Å². The predicted molar refractivity (Wildman–Crippen MR) is 104 cm³/mol. The number of piperidine rings is 1. The number of amides is 2. The zero-order chi connectivity index (χ0) is 19.2. The van der Waals surface area contributed by atoms with Crippen molar-refractivity contribution in [1.82, 2.24) is 25.0 Å². The molecular weight excluding hydrogens is 344 g/mol. The highest BCUT2D eigenvalue weighted by molar-refractivity contribution is 5.89. The van der Waals surface area contributed by atoms with Gasteiger partial charge in [-0.15, -0.1) is 0 Å². The van der Waals surface area contributed by atoms with Crippen molar-refractivity contribution in [3.63, 3.8) is 0 Å². The standard InChI is InChI=1S/C19H28N6O2/c1-4-25-18(20-13-21-25)14(2)22-19(26)23-15-5-7-16(8-6-15)27-17-9-11-24(3)12-10-17/h5-8,13-14,17H,4,9-12H2,1-3H3,(H2,22,23,26). The van der Waals surface area contributed by atoms with E-state index in [4.69, 9.17) is 4.74 Å². The second kappa shape index (κ2) is 8.85. The molecule has 2 N–H and O–H groups in total. The fraction of sp³-hybridized carbons (Fsp3) is 0.526. The van der Waals surface area contributed by atoms with Crippen molar-refractivity contribution in [2.24, 2.45) is 0 Å². The number of nitrogens with one attached hydrogen (secondary N) is 2. The van der Waals surface area contributed by atoms with Gasteiger partial charge in [0.1, 0.15) is 24.0 Å². The lowest BCUT2D eigenvalue weighted by atomic mass is 10.1. The van der Waals surface area contributed by atoms with E-state index in [-0.39, 0.29) is 18.2 Å². The molecule has 8 nitrogen and oxygen atoms in total. The first-order valence-electron chi connectivity index (χ1n) is 9.45. The molecule has 0 aliphatic carbocycles. The second-order valence-electron chi connectivity index (χ2n) is 6.90.